The fourth-order valence-electron chi connectivity index (χ4n) is 7.34. The largest absolute Gasteiger partial charge is 0.472 e. The topological polar surface area (TPSA) is 104 Å². The summed E-state index contributed by atoms with van der Waals surface area (Å²) < 4.78 is 12.7. The van der Waals surface area contributed by atoms with E-state index in [1.165, 1.54) is 12.0 Å². The number of piperazine rings is 1. The van der Waals surface area contributed by atoms with Gasteiger partial charge >= 0.3 is 12.1 Å². The molecule has 5 atom stereocenters. The lowest BCUT2D eigenvalue weighted by Gasteiger charge is -2.47. The van der Waals surface area contributed by atoms with Crippen LogP contribution in [0, 0.1) is 0 Å². The number of ether oxygens (including phenoxy) is 2. The van der Waals surface area contributed by atoms with Crippen LogP contribution in [-0.4, -0.2) is 92.0 Å². The average Bonchev–Trinajstić information content (AvgIpc) is 3.42. The third-order valence-electron chi connectivity index (χ3n) is 8.72. The fraction of sp³-hybridized carbons (Fsp3) is 0.600. The number of hydrogen-bond donors (Lipinski definition) is 1. The number of aromatic nitrogens is 3. The molecule has 1 amide bonds. The number of carboxylic acid groups (broad SMARTS) is 1. The number of fused-ring (bicyclic) bond motifs is 6. The minimum absolute atomic E-state index is 0.0146. The fourth-order valence-corrected chi connectivity index (χ4v) is 7.34. The molecule has 7 rings (SSSR count). The SMILES string of the molecule is C=C1CN2CCCC2(COc2nc3c4c(nccc4n2)OC(C)C2C4CCC(CN32)N4C(=O)O)C1. The van der Waals surface area contributed by atoms with Gasteiger partial charge in [0.25, 0.3) is 0 Å². The molecule has 10 nitrogen and oxygen atoms in total. The van der Waals surface area contributed by atoms with Crippen LogP contribution in [-0.2, 0) is 0 Å². The Kier molecular flexibility index (Phi) is 4.49. The molecule has 7 heterocycles. The molecule has 2 aromatic rings. The molecule has 5 aliphatic heterocycles. The maximum atomic E-state index is 12.1. The van der Waals surface area contributed by atoms with Gasteiger partial charge in [-0.1, -0.05) is 12.2 Å². The number of anilines is 1. The van der Waals surface area contributed by atoms with Gasteiger partial charge in [-0.15, -0.1) is 0 Å². The Bertz CT molecular complexity index is 1240. The summed E-state index contributed by atoms with van der Waals surface area (Å²) in [4.78, 5) is 32.6. The highest BCUT2D eigenvalue weighted by Gasteiger charge is 2.53. The van der Waals surface area contributed by atoms with Crippen molar-refractivity contribution in [2.24, 2.45) is 0 Å². The van der Waals surface area contributed by atoms with Gasteiger partial charge < -0.3 is 19.5 Å². The molecular weight excluding hydrogens is 448 g/mol. The zero-order valence-corrected chi connectivity index (χ0v) is 19.9. The Labute approximate surface area is 203 Å². The summed E-state index contributed by atoms with van der Waals surface area (Å²) in [5.74, 6) is 1.23. The minimum atomic E-state index is -0.861. The molecule has 5 aliphatic rings. The van der Waals surface area contributed by atoms with Gasteiger partial charge in [-0.25, -0.2) is 9.78 Å². The van der Waals surface area contributed by atoms with E-state index in [1.54, 1.807) is 11.1 Å². The molecule has 0 radical (unpaired) electrons. The average molecular weight is 479 g/mol. The summed E-state index contributed by atoms with van der Waals surface area (Å²) >= 11 is 0. The summed E-state index contributed by atoms with van der Waals surface area (Å²) in [5, 5.41) is 10.7. The van der Waals surface area contributed by atoms with Crippen LogP contribution >= 0.6 is 0 Å². The lowest BCUT2D eigenvalue weighted by atomic mass is 9.94. The first-order valence-electron chi connectivity index (χ1n) is 12.6. The number of hydrogen-bond acceptors (Lipinski definition) is 8. The highest BCUT2D eigenvalue weighted by molar-refractivity contribution is 5.94. The third-order valence-corrected chi connectivity index (χ3v) is 8.72. The molecule has 184 valence electrons. The number of rotatable bonds is 3. The van der Waals surface area contributed by atoms with Crippen LogP contribution in [0.5, 0.6) is 11.9 Å². The lowest BCUT2D eigenvalue weighted by Crippen LogP contribution is -2.64. The second-order valence-electron chi connectivity index (χ2n) is 10.8. The molecular formula is C25H30N6O4. The van der Waals surface area contributed by atoms with E-state index in [0.29, 0.717) is 25.0 Å². The number of pyridine rings is 1. The molecule has 2 aromatic heterocycles. The molecule has 1 N–H and O–H groups in total. The van der Waals surface area contributed by atoms with Crippen molar-refractivity contribution >= 4 is 22.8 Å². The van der Waals surface area contributed by atoms with Crippen LogP contribution in [0.1, 0.15) is 39.0 Å². The standard InChI is InChI=1S/C25H30N6O4/c1-14-10-25(7-3-9-29(25)11-14)13-34-23-27-17-6-8-26-22-19(17)21(28-23)30-12-16-4-5-18(31(16)24(32)33)20(30)15(2)35-22/h6,8,15-16,18,20H,1,3-5,7,9-13H2,2H3,(H,32,33). The van der Waals surface area contributed by atoms with Gasteiger partial charge in [-0.05, 0) is 51.6 Å². The number of carbonyl (C=O) groups is 1. The molecule has 10 heteroatoms. The van der Waals surface area contributed by atoms with Gasteiger partial charge in [0.05, 0.1) is 29.2 Å². The lowest BCUT2D eigenvalue weighted by molar-refractivity contribution is 0.0706. The highest BCUT2D eigenvalue weighted by atomic mass is 16.5. The Morgan fingerprint density at radius 3 is 3.11 bits per heavy atom. The van der Waals surface area contributed by atoms with Gasteiger partial charge in [0.1, 0.15) is 23.9 Å². The summed E-state index contributed by atoms with van der Waals surface area (Å²) in [6, 6.07) is 1.84. The molecule has 4 fully saturated rings. The van der Waals surface area contributed by atoms with Crippen LogP contribution in [0.3, 0.4) is 0 Å². The summed E-state index contributed by atoms with van der Waals surface area (Å²) in [6.45, 7) is 9.33. The Morgan fingerprint density at radius 2 is 2.26 bits per heavy atom. The van der Waals surface area contributed by atoms with Crippen LogP contribution in [0.2, 0.25) is 0 Å². The van der Waals surface area contributed by atoms with E-state index in [9.17, 15) is 9.90 Å². The molecule has 5 unspecified atom stereocenters. The predicted molar refractivity (Wildman–Crippen MR) is 128 cm³/mol. The zero-order valence-electron chi connectivity index (χ0n) is 19.9. The monoisotopic (exact) mass is 478 g/mol. The van der Waals surface area contributed by atoms with Crippen molar-refractivity contribution in [3.8, 4) is 11.9 Å². The molecule has 0 saturated carbocycles. The van der Waals surface area contributed by atoms with Crippen molar-refractivity contribution in [2.75, 3.05) is 31.1 Å². The van der Waals surface area contributed by atoms with E-state index in [4.69, 9.17) is 19.4 Å². The van der Waals surface area contributed by atoms with Gasteiger partial charge in [-0.2, -0.15) is 9.97 Å². The van der Waals surface area contributed by atoms with Gasteiger partial charge in [0.15, 0.2) is 0 Å². The summed E-state index contributed by atoms with van der Waals surface area (Å²) in [6.07, 6.45) is 5.45. The molecule has 4 saturated heterocycles. The Hall–Kier alpha value is -3.14. The van der Waals surface area contributed by atoms with Gasteiger partial charge in [-0.3, -0.25) is 9.80 Å². The molecule has 0 spiro atoms. The van der Waals surface area contributed by atoms with Crippen molar-refractivity contribution in [3.63, 3.8) is 0 Å². The van der Waals surface area contributed by atoms with Crippen molar-refractivity contribution in [1.29, 1.82) is 0 Å². The van der Waals surface area contributed by atoms with Crippen molar-refractivity contribution in [2.45, 2.75) is 68.8 Å². The first-order valence-corrected chi connectivity index (χ1v) is 12.6. The van der Waals surface area contributed by atoms with Crippen molar-refractivity contribution < 1.29 is 19.4 Å². The van der Waals surface area contributed by atoms with E-state index in [1.807, 2.05) is 13.0 Å². The molecule has 0 aliphatic carbocycles. The maximum absolute atomic E-state index is 12.1. The van der Waals surface area contributed by atoms with E-state index in [2.05, 4.69) is 21.4 Å². The number of amides is 1. The van der Waals surface area contributed by atoms with E-state index < -0.39 is 6.09 Å². The van der Waals surface area contributed by atoms with Crippen LogP contribution in [0.4, 0.5) is 10.6 Å². The van der Waals surface area contributed by atoms with Gasteiger partial charge in [0.2, 0.25) is 5.88 Å². The summed E-state index contributed by atoms with van der Waals surface area (Å²) in [7, 11) is 0. The van der Waals surface area contributed by atoms with Gasteiger partial charge in [0, 0.05) is 19.3 Å². The molecule has 0 aromatic carbocycles. The minimum Gasteiger partial charge on any atom is -0.472 e. The first kappa shape index (κ1) is 21.2. The smallest absolute Gasteiger partial charge is 0.407 e. The van der Waals surface area contributed by atoms with Crippen molar-refractivity contribution in [3.05, 3.63) is 24.4 Å². The first-order chi connectivity index (χ1) is 16.9. The van der Waals surface area contributed by atoms with Crippen LogP contribution in [0.25, 0.3) is 10.9 Å². The Balaban J connectivity index is 1.28. The Morgan fingerprint density at radius 1 is 1.37 bits per heavy atom. The maximum Gasteiger partial charge on any atom is 0.407 e. The molecule has 35 heavy (non-hydrogen) atoms. The quantitative estimate of drug-likeness (QED) is 0.667. The van der Waals surface area contributed by atoms with E-state index >= 15 is 0 Å². The predicted octanol–water partition coefficient (Wildman–Crippen LogP) is 2.68. The second-order valence-corrected chi connectivity index (χ2v) is 10.8. The van der Waals surface area contributed by atoms with Crippen LogP contribution in [0.15, 0.2) is 24.4 Å². The summed E-state index contributed by atoms with van der Waals surface area (Å²) in [5.41, 5.74) is 1.97. The number of nitrogens with zero attached hydrogens (tertiary/aromatic N) is 6. The third kappa shape index (κ3) is 3.05. The zero-order chi connectivity index (χ0) is 23.9. The second kappa shape index (κ2) is 7.43. The highest BCUT2D eigenvalue weighted by Crippen LogP contribution is 2.45. The van der Waals surface area contributed by atoms with Crippen molar-refractivity contribution in [1.82, 2.24) is 24.8 Å². The van der Waals surface area contributed by atoms with E-state index in [-0.39, 0.29) is 29.8 Å². The normalized spacial score (nSPS) is 33.5. The molecule has 2 bridgehead atoms. The van der Waals surface area contributed by atoms with E-state index in [0.717, 1.165) is 55.5 Å². The van der Waals surface area contributed by atoms with Crippen LogP contribution < -0.4 is 14.4 Å².